The van der Waals surface area contributed by atoms with Gasteiger partial charge in [0.2, 0.25) is 0 Å². The zero-order valence-electron chi connectivity index (χ0n) is 12.6. The summed E-state index contributed by atoms with van der Waals surface area (Å²) in [5.74, 6) is 0.0390. The van der Waals surface area contributed by atoms with Gasteiger partial charge in [-0.2, -0.15) is 0 Å². The number of piperidine rings is 1. The van der Waals surface area contributed by atoms with E-state index in [-0.39, 0.29) is 5.82 Å². The Bertz CT molecular complexity index is 542. The van der Waals surface area contributed by atoms with Gasteiger partial charge in [0.25, 0.3) is 0 Å². The van der Waals surface area contributed by atoms with Gasteiger partial charge in [-0.05, 0) is 54.1 Å². The molecule has 2 rings (SSSR count). The molecular weight excluding hydrogens is 269 g/mol. The topological polar surface area (TPSA) is 40.5 Å². The monoisotopic (exact) mass is 291 g/mol. The summed E-state index contributed by atoms with van der Waals surface area (Å²) in [7, 11) is 0. The normalized spacial score (nSPS) is 23.6. The molecule has 114 valence electrons. The second-order valence-electron chi connectivity index (χ2n) is 6.04. The van der Waals surface area contributed by atoms with E-state index in [2.05, 4.69) is 18.7 Å². The Kier molecular flexibility index (Phi) is 5.12. The van der Waals surface area contributed by atoms with Crippen molar-refractivity contribution in [1.82, 2.24) is 4.90 Å². The molecule has 0 amide bonds. The van der Waals surface area contributed by atoms with Gasteiger partial charge in [0.15, 0.2) is 0 Å². The van der Waals surface area contributed by atoms with Gasteiger partial charge in [-0.1, -0.05) is 19.9 Å². The van der Waals surface area contributed by atoms with Crippen molar-refractivity contribution in [2.24, 2.45) is 11.8 Å². The van der Waals surface area contributed by atoms with Crippen LogP contribution in [0.4, 0.5) is 4.39 Å². The highest BCUT2D eigenvalue weighted by atomic mass is 19.1. The molecule has 3 nitrogen and oxygen atoms in total. The first-order chi connectivity index (χ1) is 9.94. The van der Waals surface area contributed by atoms with E-state index in [0.717, 1.165) is 30.6 Å². The Balaban J connectivity index is 2.08. The number of benzene rings is 1. The molecule has 0 saturated carbocycles. The molecule has 0 bridgehead atoms. The van der Waals surface area contributed by atoms with Crippen LogP contribution in [0.2, 0.25) is 0 Å². The van der Waals surface area contributed by atoms with Crippen LogP contribution in [0.15, 0.2) is 24.3 Å². The molecular formula is C17H22FNO2. The number of hydrogen-bond donors (Lipinski definition) is 1. The van der Waals surface area contributed by atoms with Crippen LogP contribution in [-0.4, -0.2) is 29.1 Å². The number of halogens is 1. The van der Waals surface area contributed by atoms with Gasteiger partial charge in [-0.15, -0.1) is 0 Å². The summed E-state index contributed by atoms with van der Waals surface area (Å²) in [4.78, 5) is 12.9. The van der Waals surface area contributed by atoms with Gasteiger partial charge in [-0.25, -0.2) is 9.18 Å². The number of carboxylic acids is 1. The lowest BCUT2D eigenvalue weighted by molar-refractivity contribution is -0.131. The molecule has 1 aliphatic rings. The van der Waals surface area contributed by atoms with E-state index < -0.39 is 5.97 Å². The fourth-order valence-corrected chi connectivity index (χ4v) is 2.78. The van der Waals surface area contributed by atoms with E-state index in [1.165, 1.54) is 24.6 Å². The number of rotatable bonds is 4. The van der Waals surface area contributed by atoms with Crippen LogP contribution in [0.3, 0.4) is 0 Å². The van der Waals surface area contributed by atoms with Gasteiger partial charge in [0.1, 0.15) is 5.82 Å². The lowest BCUT2D eigenvalue weighted by Gasteiger charge is -2.35. The molecule has 1 heterocycles. The SMILES string of the molecule is CC1CCN(Cc2cc(F)cc(/C=C/C(=O)O)c2)CC1C. The van der Waals surface area contributed by atoms with Gasteiger partial charge in [-0.3, -0.25) is 4.90 Å². The van der Waals surface area contributed by atoms with Crippen LogP contribution in [0.1, 0.15) is 31.4 Å². The number of nitrogens with zero attached hydrogens (tertiary/aromatic N) is 1. The number of carbonyl (C=O) groups is 1. The second kappa shape index (κ2) is 6.85. The molecule has 0 aromatic heterocycles. The zero-order chi connectivity index (χ0) is 15.4. The highest BCUT2D eigenvalue weighted by molar-refractivity contribution is 5.85. The minimum Gasteiger partial charge on any atom is -0.478 e. The van der Waals surface area contributed by atoms with Gasteiger partial charge in [0.05, 0.1) is 0 Å². The van der Waals surface area contributed by atoms with E-state index in [4.69, 9.17) is 5.11 Å². The number of carboxylic acid groups (broad SMARTS) is 1. The maximum Gasteiger partial charge on any atom is 0.328 e. The Morgan fingerprint density at radius 3 is 2.81 bits per heavy atom. The third-order valence-corrected chi connectivity index (χ3v) is 4.22. The predicted molar refractivity (Wildman–Crippen MR) is 81.3 cm³/mol. The minimum absolute atomic E-state index is 0.323. The summed E-state index contributed by atoms with van der Waals surface area (Å²) in [6.07, 6.45) is 3.63. The summed E-state index contributed by atoms with van der Waals surface area (Å²) in [5.41, 5.74) is 1.48. The molecule has 2 atom stereocenters. The fourth-order valence-electron chi connectivity index (χ4n) is 2.78. The highest BCUT2D eigenvalue weighted by Crippen LogP contribution is 2.24. The highest BCUT2D eigenvalue weighted by Gasteiger charge is 2.22. The largest absolute Gasteiger partial charge is 0.478 e. The molecule has 0 aliphatic carbocycles. The van der Waals surface area contributed by atoms with Crippen molar-refractivity contribution in [2.75, 3.05) is 13.1 Å². The minimum atomic E-state index is -1.03. The molecule has 0 spiro atoms. The zero-order valence-corrected chi connectivity index (χ0v) is 12.6. The second-order valence-corrected chi connectivity index (χ2v) is 6.04. The molecule has 1 N–H and O–H groups in total. The first-order valence-electron chi connectivity index (χ1n) is 7.37. The van der Waals surface area contributed by atoms with Crippen LogP contribution in [0, 0.1) is 17.7 Å². The van der Waals surface area contributed by atoms with Crippen molar-refractivity contribution in [3.63, 3.8) is 0 Å². The van der Waals surface area contributed by atoms with Gasteiger partial charge in [0, 0.05) is 19.2 Å². The summed E-state index contributed by atoms with van der Waals surface area (Å²) >= 11 is 0. The Morgan fingerprint density at radius 1 is 1.38 bits per heavy atom. The molecule has 1 saturated heterocycles. The number of hydrogen-bond acceptors (Lipinski definition) is 2. The maximum absolute atomic E-state index is 13.6. The Morgan fingerprint density at radius 2 is 2.14 bits per heavy atom. The van der Waals surface area contributed by atoms with Crippen LogP contribution in [-0.2, 0) is 11.3 Å². The van der Waals surface area contributed by atoms with E-state index >= 15 is 0 Å². The maximum atomic E-state index is 13.6. The Labute approximate surface area is 125 Å². The van der Waals surface area contributed by atoms with E-state index in [1.807, 2.05) is 6.07 Å². The predicted octanol–water partition coefficient (Wildman–Crippen LogP) is 3.40. The summed E-state index contributed by atoms with van der Waals surface area (Å²) < 4.78 is 13.6. The molecule has 1 fully saturated rings. The lowest BCUT2D eigenvalue weighted by atomic mass is 9.88. The van der Waals surface area contributed by atoms with Crippen molar-refractivity contribution >= 4 is 12.0 Å². The first-order valence-corrected chi connectivity index (χ1v) is 7.37. The smallest absolute Gasteiger partial charge is 0.328 e. The molecule has 2 unspecified atom stereocenters. The standard InChI is InChI=1S/C17H22FNO2/c1-12-5-6-19(10-13(12)2)11-15-7-14(3-4-17(20)21)8-16(18)9-15/h3-4,7-9,12-13H,5-6,10-11H2,1-2H3,(H,20,21)/b4-3+. The summed E-state index contributed by atoms with van der Waals surface area (Å²) in [6.45, 7) is 7.30. The first kappa shape index (κ1) is 15.7. The van der Waals surface area contributed by atoms with Crippen molar-refractivity contribution in [2.45, 2.75) is 26.8 Å². The number of likely N-dealkylation sites (tertiary alicyclic amines) is 1. The van der Waals surface area contributed by atoms with E-state index in [0.29, 0.717) is 18.0 Å². The van der Waals surface area contributed by atoms with Crippen molar-refractivity contribution in [1.29, 1.82) is 0 Å². The van der Waals surface area contributed by atoms with Crippen LogP contribution in [0.25, 0.3) is 6.08 Å². The van der Waals surface area contributed by atoms with Crippen LogP contribution < -0.4 is 0 Å². The lowest BCUT2D eigenvalue weighted by Crippen LogP contribution is -2.37. The molecule has 0 radical (unpaired) electrons. The van der Waals surface area contributed by atoms with Crippen molar-refractivity contribution in [3.8, 4) is 0 Å². The van der Waals surface area contributed by atoms with Gasteiger partial charge < -0.3 is 5.11 Å². The molecule has 4 heteroatoms. The third-order valence-electron chi connectivity index (χ3n) is 4.22. The molecule has 1 aromatic rings. The number of aliphatic carboxylic acids is 1. The summed E-state index contributed by atoms with van der Waals surface area (Å²) in [5, 5.41) is 8.64. The van der Waals surface area contributed by atoms with Crippen molar-refractivity contribution < 1.29 is 14.3 Å². The van der Waals surface area contributed by atoms with E-state index in [1.54, 1.807) is 0 Å². The average molecular weight is 291 g/mol. The molecule has 1 aromatic carbocycles. The van der Waals surface area contributed by atoms with E-state index in [9.17, 15) is 9.18 Å². The molecule has 1 aliphatic heterocycles. The summed E-state index contributed by atoms with van der Waals surface area (Å²) in [6, 6.07) is 4.73. The van der Waals surface area contributed by atoms with Gasteiger partial charge >= 0.3 is 5.97 Å². The Hall–Kier alpha value is -1.68. The third kappa shape index (κ3) is 4.67. The van der Waals surface area contributed by atoms with Crippen LogP contribution in [0.5, 0.6) is 0 Å². The van der Waals surface area contributed by atoms with Crippen LogP contribution >= 0.6 is 0 Å². The molecule has 21 heavy (non-hydrogen) atoms. The fraction of sp³-hybridized carbons (Fsp3) is 0.471. The average Bonchev–Trinajstić information content (AvgIpc) is 2.40. The quantitative estimate of drug-likeness (QED) is 0.864. The van der Waals surface area contributed by atoms with Crippen molar-refractivity contribution in [3.05, 3.63) is 41.2 Å².